The molecule has 2 aromatic rings. The normalized spacial score (nSPS) is 10.3. The summed E-state index contributed by atoms with van der Waals surface area (Å²) < 4.78 is 5.24. The van der Waals surface area contributed by atoms with E-state index in [0.717, 1.165) is 0 Å². The predicted molar refractivity (Wildman–Crippen MR) is 68.1 cm³/mol. The lowest BCUT2D eigenvalue weighted by Gasteiger charge is -2.04. The van der Waals surface area contributed by atoms with Gasteiger partial charge < -0.3 is 15.5 Å². The standard InChI is InChI=1S/C11H12N4O2S/c1-18-11-15-14-9(17-11)6-13-10(16)7-4-2-3-5-8(7)12/h2-5H,6,12H2,1H3,(H,13,16). The van der Waals surface area contributed by atoms with Crippen molar-refractivity contribution in [3.05, 3.63) is 35.7 Å². The molecule has 0 unspecified atom stereocenters. The lowest BCUT2D eigenvalue weighted by molar-refractivity contribution is 0.0947. The Hall–Kier alpha value is -2.02. The van der Waals surface area contributed by atoms with Crippen LogP contribution < -0.4 is 11.1 Å². The van der Waals surface area contributed by atoms with Crippen molar-refractivity contribution in [1.29, 1.82) is 0 Å². The number of carbonyl (C=O) groups excluding carboxylic acids is 1. The van der Waals surface area contributed by atoms with E-state index < -0.39 is 0 Å². The molecule has 1 aromatic heterocycles. The van der Waals surface area contributed by atoms with E-state index in [9.17, 15) is 4.79 Å². The molecule has 0 atom stereocenters. The van der Waals surface area contributed by atoms with Gasteiger partial charge in [-0.1, -0.05) is 23.9 Å². The second-order valence-electron chi connectivity index (χ2n) is 3.44. The first-order valence-electron chi connectivity index (χ1n) is 5.20. The number of rotatable bonds is 4. The molecule has 1 aromatic carbocycles. The number of amides is 1. The summed E-state index contributed by atoms with van der Waals surface area (Å²) >= 11 is 1.35. The highest BCUT2D eigenvalue weighted by molar-refractivity contribution is 7.98. The van der Waals surface area contributed by atoms with Gasteiger partial charge in [-0.05, 0) is 18.4 Å². The third-order valence-corrected chi connectivity index (χ3v) is 2.74. The lowest BCUT2D eigenvalue weighted by atomic mass is 10.2. The minimum absolute atomic E-state index is 0.181. The summed E-state index contributed by atoms with van der Waals surface area (Å²) in [5.41, 5.74) is 6.57. The van der Waals surface area contributed by atoms with Gasteiger partial charge in [0.2, 0.25) is 5.89 Å². The van der Waals surface area contributed by atoms with Crippen molar-refractivity contribution >= 4 is 23.4 Å². The van der Waals surface area contributed by atoms with Crippen LogP contribution in [-0.4, -0.2) is 22.4 Å². The number of nitrogens with two attached hydrogens (primary N) is 1. The van der Waals surface area contributed by atoms with Crippen LogP contribution in [0.25, 0.3) is 0 Å². The molecule has 3 N–H and O–H groups in total. The van der Waals surface area contributed by atoms with Gasteiger partial charge in [-0.15, -0.1) is 10.2 Å². The molecule has 0 aliphatic heterocycles. The van der Waals surface area contributed by atoms with Crippen LogP contribution >= 0.6 is 11.8 Å². The monoisotopic (exact) mass is 264 g/mol. The molecule has 0 spiro atoms. The fourth-order valence-electron chi connectivity index (χ4n) is 1.35. The summed E-state index contributed by atoms with van der Waals surface area (Å²) in [6, 6.07) is 6.86. The number of thioether (sulfide) groups is 1. The number of nitrogens with zero attached hydrogens (tertiary/aromatic N) is 2. The summed E-state index contributed by atoms with van der Waals surface area (Å²) in [5.74, 6) is 0.0965. The van der Waals surface area contributed by atoms with Gasteiger partial charge in [0.15, 0.2) is 0 Å². The molecule has 0 aliphatic rings. The summed E-state index contributed by atoms with van der Waals surface area (Å²) in [7, 11) is 0. The smallest absolute Gasteiger partial charge is 0.276 e. The van der Waals surface area contributed by atoms with E-state index in [2.05, 4.69) is 15.5 Å². The number of para-hydroxylation sites is 1. The number of aromatic nitrogens is 2. The van der Waals surface area contributed by atoms with Gasteiger partial charge in [0.05, 0.1) is 12.1 Å². The number of hydrogen-bond donors (Lipinski definition) is 2. The maximum atomic E-state index is 11.8. The van der Waals surface area contributed by atoms with Gasteiger partial charge >= 0.3 is 0 Å². The number of hydrogen-bond acceptors (Lipinski definition) is 6. The average Bonchev–Trinajstić information content (AvgIpc) is 2.84. The zero-order chi connectivity index (χ0) is 13.0. The van der Waals surface area contributed by atoms with Crippen LogP contribution in [0, 0.1) is 0 Å². The average molecular weight is 264 g/mol. The van der Waals surface area contributed by atoms with Crippen molar-refractivity contribution in [2.45, 2.75) is 11.8 Å². The molecular formula is C11H12N4O2S. The largest absolute Gasteiger partial charge is 0.414 e. The SMILES string of the molecule is CSc1nnc(CNC(=O)c2ccccc2N)o1. The Balaban J connectivity index is 1.98. The van der Waals surface area contributed by atoms with Crippen molar-refractivity contribution in [1.82, 2.24) is 15.5 Å². The van der Waals surface area contributed by atoms with E-state index in [-0.39, 0.29) is 12.5 Å². The Morgan fingerprint density at radius 2 is 2.22 bits per heavy atom. The highest BCUT2D eigenvalue weighted by Gasteiger charge is 2.10. The molecule has 6 nitrogen and oxygen atoms in total. The van der Waals surface area contributed by atoms with Gasteiger partial charge in [0.25, 0.3) is 11.1 Å². The van der Waals surface area contributed by atoms with E-state index in [0.29, 0.717) is 22.4 Å². The van der Waals surface area contributed by atoms with Gasteiger partial charge in [-0.2, -0.15) is 0 Å². The second kappa shape index (κ2) is 5.54. The van der Waals surface area contributed by atoms with Gasteiger partial charge in [0, 0.05) is 5.69 Å². The fraction of sp³-hybridized carbons (Fsp3) is 0.182. The van der Waals surface area contributed by atoms with E-state index in [1.807, 2.05) is 6.26 Å². The number of carbonyl (C=O) groups is 1. The van der Waals surface area contributed by atoms with Gasteiger partial charge in [-0.3, -0.25) is 4.79 Å². The van der Waals surface area contributed by atoms with Crippen LogP contribution in [0.15, 0.2) is 33.9 Å². The van der Waals surface area contributed by atoms with Crippen molar-refractivity contribution < 1.29 is 9.21 Å². The topological polar surface area (TPSA) is 94.0 Å². The Kier molecular flexibility index (Phi) is 3.83. The van der Waals surface area contributed by atoms with E-state index in [1.165, 1.54) is 11.8 Å². The van der Waals surface area contributed by atoms with Crippen molar-refractivity contribution in [3.8, 4) is 0 Å². The third kappa shape index (κ3) is 2.80. The molecule has 1 amide bonds. The molecule has 2 rings (SSSR count). The van der Waals surface area contributed by atoms with Crippen LogP contribution in [0.3, 0.4) is 0 Å². The van der Waals surface area contributed by atoms with Crippen LogP contribution in [0.1, 0.15) is 16.2 Å². The molecule has 0 saturated carbocycles. The number of nitrogen functional groups attached to an aromatic ring is 1. The molecule has 1 heterocycles. The van der Waals surface area contributed by atoms with Crippen LogP contribution in [-0.2, 0) is 6.54 Å². The Bertz CT molecular complexity index is 555. The van der Waals surface area contributed by atoms with Crippen LogP contribution in [0.5, 0.6) is 0 Å². The van der Waals surface area contributed by atoms with Gasteiger partial charge in [-0.25, -0.2) is 0 Å². The van der Waals surface area contributed by atoms with E-state index in [1.54, 1.807) is 24.3 Å². The first-order chi connectivity index (χ1) is 8.70. The predicted octanol–water partition coefficient (Wildman–Crippen LogP) is 1.30. The maximum absolute atomic E-state index is 11.8. The van der Waals surface area contributed by atoms with Crippen molar-refractivity contribution in [3.63, 3.8) is 0 Å². The lowest BCUT2D eigenvalue weighted by Crippen LogP contribution is -2.23. The van der Waals surface area contributed by atoms with Gasteiger partial charge in [0.1, 0.15) is 0 Å². The van der Waals surface area contributed by atoms with Crippen LogP contribution in [0.4, 0.5) is 5.69 Å². The Morgan fingerprint density at radius 1 is 1.44 bits per heavy atom. The van der Waals surface area contributed by atoms with E-state index >= 15 is 0 Å². The fourth-order valence-corrected chi connectivity index (χ4v) is 1.65. The number of benzene rings is 1. The minimum Gasteiger partial charge on any atom is -0.414 e. The zero-order valence-electron chi connectivity index (χ0n) is 9.71. The summed E-state index contributed by atoms with van der Waals surface area (Å²) in [5, 5.41) is 10.7. The number of anilines is 1. The molecule has 18 heavy (non-hydrogen) atoms. The zero-order valence-corrected chi connectivity index (χ0v) is 10.5. The maximum Gasteiger partial charge on any atom is 0.276 e. The molecule has 0 fully saturated rings. The highest BCUT2D eigenvalue weighted by Crippen LogP contribution is 2.12. The quantitative estimate of drug-likeness (QED) is 0.638. The second-order valence-corrected chi connectivity index (χ2v) is 4.19. The molecule has 0 bridgehead atoms. The molecule has 94 valence electrons. The highest BCUT2D eigenvalue weighted by atomic mass is 32.2. The minimum atomic E-state index is -0.267. The molecule has 7 heteroatoms. The Labute approximate surface area is 108 Å². The van der Waals surface area contributed by atoms with E-state index in [4.69, 9.17) is 10.2 Å². The van der Waals surface area contributed by atoms with Crippen LogP contribution in [0.2, 0.25) is 0 Å². The first kappa shape index (κ1) is 12.4. The van der Waals surface area contributed by atoms with Crippen molar-refractivity contribution in [2.24, 2.45) is 0 Å². The molecular weight excluding hydrogens is 252 g/mol. The third-order valence-electron chi connectivity index (χ3n) is 2.23. The summed E-state index contributed by atoms with van der Waals surface area (Å²) in [6.07, 6.45) is 1.83. The molecule has 0 aliphatic carbocycles. The number of nitrogens with one attached hydrogen (secondary N) is 1. The summed E-state index contributed by atoms with van der Waals surface area (Å²) in [4.78, 5) is 11.8. The molecule has 0 radical (unpaired) electrons. The van der Waals surface area contributed by atoms with Crippen molar-refractivity contribution in [2.75, 3.05) is 12.0 Å². The first-order valence-corrected chi connectivity index (χ1v) is 6.42. The summed E-state index contributed by atoms with van der Waals surface area (Å²) in [6.45, 7) is 0.181. The molecule has 0 saturated heterocycles. The Morgan fingerprint density at radius 3 is 2.89 bits per heavy atom.